The van der Waals surface area contributed by atoms with Gasteiger partial charge in [-0.15, -0.1) is 0 Å². The molecule has 2 aromatic carbocycles. The highest BCUT2D eigenvalue weighted by Crippen LogP contribution is 2.20. The Morgan fingerprint density at radius 1 is 1.00 bits per heavy atom. The molecule has 19 heavy (non-hydrogen) atoms. The molecule has 0 aliphatic rings. The van der Waals surface area contributed by atoms with Gasteiger partial charge in [0, 0.05) is 0 Å². The first-order chi connectivity index (χ1) is 9.31. The van der Waals surface area contributed by atoms with Crippen LogP contribution < -0.4 is 4.74 Å². The molecule has 0 amide bonds. The first kappa shape index (κ1) is 13.1. The Bertz CT molecular complexity index is 537. The van der Waals surface area contributed by atoms with E-state index >= 15 is 0 Å². The lowest BCUT2D eigenvalue weighted by Crippen LogP contribution is -2.08. The molecule has 0 saturated heterocycles. The molecule has 0 saturated carbocycles. The number of carbonyl (C=O) groups is 1. The molecule has 4 nitrogen and oxygen atoms in total. The zero-order valence-electron chi connectivity index (χ0n) is 10.3. The number of aliphatic hydroxyl groups excluding tert-OH is 1. The quantitative estimate of drug-likeness (QED) is 0.660. The van der Waals surface area contributed by atoms with E-state index in [4.69, 9.17) is 9.84 Å². The van der Waals surface area contributed by atoms with E-state index in [1.54, 1.807) is 24.3 Å². The summed E-state index contributed by atoms with van der Waals surface area (Å²) in [5.74, 6) is -0.170. The van der Waals surface area contributed by atoms with Crippen LogP contribution in [0.3, 0.4) is 0 Å². The third-order valence-electron chi connectivity index (χ3n) is 2.54. The molecule has 4 heteroatoms. The summed E-state index contributed by atoms with van der Waals surface area (Å²) in [7, 11) is 0. The number of hydrogen-bond acceptors (Lipinski definition) is 4. The summed E-state index contributed by atoms with van der Waals surface area (Å²) >= 11 is 0. The van der Waals surface area contributed by atoms with Crippen LogP contribution in [0.1, 0.15) is 15.9 Å². The van der Waals surface area contributed by atoms with E-state index in [1.165, 1.54) is 0 Å². The first-order valence-electron chi connectivity index (χ1n) is 5.85. The molecular formula is C15H14O4. The number of ether oxygens (including phenoxy) is 2. The molecule has 0 fully saturated rings. The Balaban J connectivity index is 2.10. The Morgan fingerprint density at radius 2 is 1.68 bits per heavy atom. The Kier molecular flexibility index (Phi) is 4.53. The third-order valence-corrected chi connectivity index (χ3v) is 2.54. The van der Waals surface area contributed by atoms with E-state index in [0.29, 0.717) is 17.9 Å². The number of rotatable bonds is 5. The molecule has 0 spiro atoms. The minimum atomic E-state index is -0.647. The van der Waals surface area contributed by atoms with E-state index in [1.807, 2.05) is 30.3 Å². The maximum atomic E-state index is 11.6. The van der Waals surface area contributed by atoms with Gasteiger partial charge in [-0.25, -0.2) is 4.79 Å². The highest BCUT2D eigenvalue weighted by molar-refractivity contribution is 5.92. The summed E-state index contributed by atoms with van der Waals surface area (Å²) in [5.41, 5.74) is 1.31. The number of aliphatic hydroxyl groups is 1. The van der Waals surface area contributed by atoms with Gasteiger partial charge in [0.25, 0.3) is 0 Å². The van der Waals surface area contributed by atoms with Crippen molar-refractivity contribution in [2.45, 2.75) is 6.61 Å². The molecule has 0 aromatic heterocycles. The number of carbonyl (C=O) groups excluding carboxylic acids is 1. The highest BCUT2D eigenvalue weighted by Gasteiger charge is 2.13. The van der Waals surface area contributed by atoms with Crippen molar-refractivity contribution in [3.8, 4) is 5.75 Å². The lowest BCUT2D eigenvalue weighted by atomic mass is 10.2. The van der Waals surface area contributed by atoms with Crippen molar-refractivity contribution >= 4 is 5.97 Å². The van der Waals surface area contributed by atoms with Crippen LogP contribution in [0.15, 0.2) is 54.6 Å². The molecule has 98 valence electrons. The SMILES string of the molecule is O=C(OCO)c1ccccc1OCc1ccccc1. The van der Waals surface area contributed by atoms with E-state index in [0.717, 1.165) is 5.56 Å². The van der Waals surface area contributed by atoms with Gasteiger partial charge in [0.15, 0.2) is 6.79 Å². The van der Waals surface area contributed by atoms with Gasteiger partial charge in [-0.3, -0.25) is 0 Å². The fourth-order valence-corrected chi connectivity index (χ4v) is 1.63. The van der Waals surface area contributed by atoms with Gasteiger partial charge in [-0.05, 0) is 17.7 Å². The van der Waals surface area contributed by atoms with Gasteiger partial charge in [0.05, 0.1) is 0 Å². The lowest BCUT2D eigenvalue weighted by molar-refractivity contribution is 0.00647. The number of para-hydroxylation sites is 1. The molecule has 0 atom stereocenters. The smallest absolute Gasteiger partial charge is 0.344 e. The van der Waals surface area contributed by atoms with E-state index in [9.17, 15) is 4.79 Å². The fourth-order valence-electron chi connectivity index (χ4n) is 1.63. The van der Waals surface area contributed by atoms with E-state index in [2.05, 4.69) is 4.74 Å². The Labute approximate surface area is 111 Å². The minimum absolute atomic E-state index is 0.299. The fraction of sp³-hybridized carbons (Fsp3) is 0.133. The monoisotopic (exact) mass is 258 g/mol. The van der Waals surface area contributed by atoms with Crippen molar-refractivity contribution in [3.05, 3.63) is 65.7 Å². The summed E-state index contributed by atoms with van der Waals surface area (Å²) in [5, 5.41) is 8.61. The van der Waals surface area contributed by atoms with Gasteiger partial charge in [0.1, 0.15) is 17.9 Å². The van der Waals surface area contributed by atoms with Crippen molar-refractivity contribution in [3.63, 3.8) is 0 Å². The number of benzene rings is 2. The lowest BCUT2D eigenvalue weighted by Gasteiger charge is -2.10. The van der Waals surface area contributed by atoms with Gasteiger partial charge in [-0.2, -0.15) is 0 Å². The van der Waals surface area contributed by atoms with Crippen LogP contribution in [0.5, 0.6) is 5.75 Å². The topological polar surface area (TPSA) is 55.8 Å². The second-order valence-electron chi connectivity index (χ2n) is 3.83. The predicted octanol–water partition coefficient (Wildman–Crippen LogP) is 2.37. The molecule has 1 N–H and O–H groups in total. The average molecular weight is 258 g/mol. The largest absolute Gasteiger partial charge is 0.488 e. The van der Waals surface area contributed by atoms with Crippen LogP contribution in [-0.2, 0) is 11.3 Å². The van der Waals surface area contributed by atoms with Crippen LogP contribution in [-0.4, -0.2) is 17.9 Å². The predicted molar refractivity (Wildman–Crippen MR) is 69.7 cm³/mol. The number of esters is 1. The van der Waals surface area contributed by atoms with Crippen LogP contribution >= 0.6 is 0 Å². The molecule has 0 radical (unpaired) electrons. The standard InChI is InChI=1S/C15H14O4/c16-11-19-15(17)13-8-4-5-9-14(13)18-10-12-6-2-1-3-7-12/h1-9,16H,10-11H2. The molecule has 0 heterocycles. The number of hydrogen-bond donors (Lipinski definition) is 1. The summed E-state index contributed by atoms with van der Waals surface area (Å²) in [6, 6.07) is 16.4. The first-order valence-corrected chi connectivity index (χ1v) is 5.85. The average Bonchev–Trinajstić information content (AvgIpc) is 2.47. The van der Waals surface area contributed by atoms with Crippen LogP contribution in [0, 0.1) is 0 Å². The van der Waals surface area contributed by atoms with E-state index in [-0.39, 0.29) is 0 Å². The van der Waals surface area contributed by atoms with Crippen LogP contribution in [0.4, 0.5) is 0 Å². The molecule has 2 rings (SSSR count). The van der Waals surface area contributed by atoms with Crippen molar-refractivity contribution < 1.29 is 19.4 Å². The van der Waals surface area contributed by atoms with Crippen LogP contribution in [0.2, 0.25) is 0 Å². The Hall–Kier alpha value is -2.33. The molecule has 0 aliphatic heterocycles. The van der Waals surface area contributed by atoms with Crippen LogP contribution in [0.25, 0.3) is 0 Å². The molecular weight excluding hydrogens is 244 g/mol. The minimum Gasteiger partial charge on any atom is -0.488 e. The van der Waals surface area contributed by atoms with Gasteiger partial charge < -0.3 is 14.6 Å². The van der Waals surface area contributed by atoms with Gasteiger partial charge >= 0.3 is 5.97 Å². The van der Waals surface area contributed by atoms with Crippen molar-refractivity contribution in [1.82, 2.24) is 0 Å². The molecule has 2 aromatic rings. The highest BCUT2D eigenvalue weighted by atomic mass is 16.6. The molecule has 0 bridgehead atoms. The summed E-state index contributed by atoms with van der Waals surface area (Å²) in [6.07, 6.45) is 0. The zero-order chi connectivity index (χ0) is 13.5. The maximum Gasteiger partial charge on any atom is 0.344 e. The van der Waals surface area contributed by atoms with E-state index < -0.39 is 12.8 Å². The summed E-state index contributed by atoms with van der Waals surface area (Å²) in [4.78, 5) is 11.6. The second kappa shape index (κ2) is 6.56. The van der Waals surface area contributed by atoms with Crippen molar-refractivity contribution in [1.29, 1.82) is 0 Å². The third kappa shape index (κ3) is 3.56. The maximum absolute atomic E-state index is 11.6. The summed E-state index contributed by atoms with van der Waals surface area (Å²) in [6.45, 7) is -0.282. The van der Waals surface area contributed by atoms with Gasteiger partial charge in [0.2, 0.25) is 0 Å². The normalized spacial score (nSPS) is 9.95. The second-order valence-corrected chi connectivity index (χ2v) is 3.83. The van der Waals surface area contributed by atoms with Gasteiger partial charge in [-0.1, -0.05) is 42.5 Å². The zero-order valence-corrected chi connectivity index (χ0v) is 10.3. The van der Waals surface area contributed by atoms with Crippen molar-refractivity contribution in [2.24, 2.45) is 0 Å². The molecule has 0 unspecified atom stereocenters. The molecule has 0 aliphatic carbocycles. The van der Waals surface area contributed by atoms with Crippen molar-refractivity contribution in [2.75, 3.05) is 6.79 Å². The summed E-state index contributed by atoms with van der Waals surface area (Å²) < 4.78 is 10.2. The Morgan fingerprint density at radius 3 is 2.42 bits per heavy atom.